The van der Waals surface area contributed by atoms with Gasteiger partial charge in [0.15, 0.2) is 8.32 Å². The number of rotatable bonds is 2. The molecule has 0 saturated carbocycles. The van der Waals surface area contributed by atoms with Crippen LogP contribution in [-0.2, 0) is 23.0 Å². The van der Waals surface area contributed by atoms with E-state index < -0.39 is 14.0 Å². The molecule has 0 bridgehead atoms. The smallest absolute Gasteiger partial charge is 0.343 e. The van der Waals surface area contributed by atoms with Gasteiger partial charge in [-0.25, -0.2) is 6.57 Å². The molecular formula is C19H21NOSi. The average Bonchev–Trinajstić information content (AvgIpc) is 2.63. The van der Waals surface area contributed by atoms with Crippen LogP contribution in [0.2, 0.25) is 19.6 Å². The minimum absolute atomic E-state index is 0.958. The zero-order valence-corrected chi connectivity index (χ0v) is 14.4. The van der Waals surface area contributed by atoms with Crippen molar-refractivity contribution in [3.8, 4) is 0 Å². The second-order valence-corrected chi connectivity index (χ2v) is 11.2. The molecule has 0 N–H and O–H groups in total. The Bertz CT molecular complexity index is 692. The van der Waals surface area contributed by atoms with Gasteiger partial charge in [0, 0.05) is 0 Å². The first-order valence-electron chi connectivity index (χ1n) is 7.72. The molecule has 22 heavy (non-hydrogen) atoms. The van der Waals surface area contributed by atoms with Crippen molar-refractivity contribution in [2.45, 2.75) is 38.2 Å². The van der Waals surface area contributed by atoms with E-state index >= 15 is 0 Å². The van der Waals surface area contributed by atoms with Gasteiger partial charge in [0.2, 0.25) is 0 Å². The normalized spacial score (nSPS) is 16.1. The SMILES string of the molecule is [C-]#[N+]C1(O[Si](C)(C)C)c2ccccc2CCc2ccccc21. The van der Waals surface area contributed by atoms with Crippen molar-refractivity contribution in [1.82, 2.24) is 0 Å². The molecule has 0 amide bonds. The van der Waals surface area contributed by atoms with Gasteiger partial charge < -0.3 is 4.43 Å². The van der Waals surface area contributed by atoms with Crippen molar-refractivity contribution in [2.24, 2.45) is 0 Å². The van der Waals surface area contributed by atoms with Gasteiger partial charge in [-0.2, -0.15) is 0 Å². The minimum Gasteiger partial charge on any atom is -0.343 e. The van der Waals surface area contributed by atoms with Gasteiger partial charge in [0.05, 0.1) is 11.1 Å². The minimum atomic E-state index is -1.91. The van der Waals surface area contributed by atoms with E-state index in [1.165, 1.54) is 11.1 Å². The van der Waals surface area contributed by atoms with E-state index in [-0.39, 0.29) is 0 Å². The highest BCUT2D eigenvalue weighted by Crippen LogP contribution is 2.43. The highest BCUT2D eigenvalue weighted by Gasteiger charge is 2.49. The van der Waals surface area contributed by atoms with Crippen LogP contribution in [0.4, 0.5) is 0 Å². The van der Waals surface area contributed by atoms with Crippen LogP contribution >= 0.6 is 0 Å². The molecular weight excluding hydrogens is 286 g/mol. The third-order valence-corrected chi connectivity index (χ3v) is 4.95. The zero-order chi connectivity index (χ0) is 15.8. The van der Waals surface area contributed by atoms with Gasteiger partial charge in [-0.05, 0) is 55.7 Å². The van der Waals surface area contributed by atoms with Crippen LogP contribution in [0.1, 0.15) is 22.3 Å². The lowest BCUT2D eigenvalue weighted by Gasteiger charge is -2.30. The summed E-state index contributed by atoms with van der Waals surface area (Å²) in [5, 5.41) is 0. The molecule has 2 aromatic carbocycles. The molecule has 3 heteroatoms. The maximum Gasteiger partial charge on any atom is 0.382 e. The van der Waals surface area contributed by atoms with Crippen molar-refractivity contribution in [2.75, 3.05) is 0 Å². The lowest BCUT2D eigenvalue weighted by atomic mass is 9.91. The Hall–Kier alpha value is -1.89. The van der Waals surface area contributed by atoms with Gasteiger partial charge >= 0.3 is 5.72 Å². The van der Waals surface area contributed by atoms with Crippen LogP contribution in [0.3, 0.4) is 0 Å². The third kappa shape index (κ3) is 2.49. The standard InChI is InChI=1S/C19H21NOSi/c1-20-19(21-22(2,3)4)17-11-7-5-9-15(17)13-14-16-10-6-8-12-18(16)19/h5-12H,13-14H2,2-4H3. The van der Waals surface area contributed by atoms with Gasteiger partial charge in [-0.3, -0.25) is 4.85 Å². The first-order valence-corrected chi connectivity index (χ1v) is 11.1. The highest BCUT2D eigenvalue weighted by atomic mass is 28.4. The first-order chi connectivity index (χ1) is 10.5. The molecule has 112 valence electrons. The van der Waals surface area contributed by atoms with Gasteiger partial charge in [0.1, 0.15) is 0 Å². The summed E-state index contributed by atoms with van der Waals surface area (Å²) < 4.78 is 6.53. The van der Waals surface area contributed by atoms with Crippen LogP contribution in [0.25, 0.3) is 4.85 Å². The molecule has 1 aliphatic carbocycles. The van der Waals surface area contributed by atoms with Gasteiger partial charge in [0.25, 0.3) is 0 Å². The number of fused-ring (bicyclic) bond motifs is 2. The Morgan fingerprint density at radius 2 is 1.36 bits per heavy atom. The molecule has 0 fully saturated rings. The van der Waals surface area contributed by atoms with E-state index in [0.29, 0.717) is 0 Å². The Morgan fingerprint density at radius 3 is 1.77 bits per heavy atom. The molecule has 0 aliphatic heterocycles. The lowest BCUT2D eigenvalue weighted by Crippen LogP contribution is -2.40. The summed E-state index contributed by atoms with van der Waals surface area (Å²) in [5.74, 6) is 0. The quantitative estimate of drug-likeness (QED) is 0.576. The number of hydrogen-bond donors (Lipinski definition) is 0. The number of aryl methyl sites for hydroxylation is 2. The Kier molecular flexibility index (Phi) is 3.68. The zero-order valence-electron chi connectivity index (χ0n) is 13.4. The summed E-state index contributed by atoms with van der Waals surface area (Å²) in [6.45, 7) is 14.5. The summed E-state index contributed by atoms with van der Waals surface area (Å²) in [5.41, 5.74) is 3.52. The fraction of sp³-hybridized carbons (Fsp3) is 0.316. The second kappa shape index (κ2) is 5.39. The molecule has 0 spiro atoms. The van der Waals surface area contributed by atoms with E-state index in [1.807, 2.05) is 12.1 Å². The Balaban J connectivity index is 2.32. The molecule has 1 aliphatic rings. The summed E-state index contributed by atoms with van der Waals surface area (Å²) in [6.07, 6.45) is 1.92. The van der Waals surface area contributed by atoms with Crippen LogP contribution < -0.4 is 0 Å². The molecule has 0 aromatic heterocycles. The predicted octanol–water partition coefficient (Wildman–Crippen LogP) is 4.76. The molecule has 2 nitrogen and oxygen atoms in total. The van der Waals surface area contributed by atoms with Crippen molar-refractivity contribution in [3.05, 3.63) is 82.2 Å². The average molecular weight is 307 g/mol. The molecule has 0 heterocycles. The van der Waals surface area contributed by atoms with Crippen LogP contribution in [0.15, 0.2) is 48.5 Å². The monoisotopic (exact) mass is 307 g/mol. The lowest BCUT2D eigenvalue weighted by molar-refractivity contribution is 0.152. The Labute approximate surface area is 133 Å². The number of benzene rings is 2. The van der Waals surface area contributed by atoms with Gasteiger partial charge in [-0.1, -0.05) is 36.4 Å². The van der Waals surface area contributed by atoms with Crippen LogP contribution in [-0.4, -0.2) is 8.32 Å². The fourth-order valence-corrected chi connectivity index (χ4v) is 4.40. The largest absolute Gasteiger partial charge is 0.382 e. The van der Waals surface area contributed by atoms with E-state index in [9.17, 15) is 0 Å². The van der Waals surface area contributed by atoms with Crippen molar-refractivity contribution in [3.63, 3.8) is 0 Å². The predicted molar refractivity (Wildman–Crippen MR) is 92.1 cm³/mol. The van der Waals surface area contributed by atoms with E-state index in [1.54, 1.807) is 0 Å². The maximum atomic E-state index is 8.01. The van der Waals surface area contributed by atoms with E-state index in [2.05, 4.69) is 60.9 Å². The van der Waals surface area contributed by atoms with Crippen LogP contribution in [0.5, 0.6) is 0 Å². The summed E-state index contributed by atoms with van der Waals surface area (Å²) in [6, 6.07) is 16.5. The Morgan fingerprint density at radius 1 is 0.909 bits per heavy atom. The van der Waals surface area contributed by atoms with Crippen molar-refractivity contribution in [1.29, 1.82) is 0 Å². The van der Waals surface area contributed by atoms with E-state index in [0.717, 1.165) is 24.0 Å². The first kappa shape index (κ1) is 15.0. The van der Waals surface area contributed by atoms with E-state index in [4.69, 9.17) is 11.0 Å². The summed E-state index contributed by atoms with van der Waals surface area (Å²) in [4.78, 5) is 4.07. The van der Waals surface area contributed by atoms with Crippen molar-refractivity contribution < 1.29 is 4.43 Å². The molecule has 2 aromatic rings. The van der Waals surface area contributed by atoms with Crippen molar-refractivity contribution >= 4 is 8.32 Å². The molecule has 0 radical (unpaired) electrons. The third-order valence-electron chi connectivity index (χ3n) is 4.04. The fourth-order valence-electron chi connectivity index (χ4n) is 3.25. The highest BCUT2D eigenvalue weighted by molar-refractivity contribution is 6.69. The summed E-state index contributed by atoms with van der Waals surface area (Å²) >= 11 is 0. The summed E-state index contributed by atoms with van der Waals surface area (Å²) in [7, 11) is -1.91. The number of nitrogens with zero attached hydrogens (tertiary/aromatic N) is 1. The maximum absolute atomic E-state index is 8.01. The molecule has 0 atom stereocenters. The number of hydrogen-bond acceptors (Lipinski definition) is 1. The second-order valence-electron chi connectivity index (χ2n) is 6.78. The topological polar surface area (TPSA) is 13.6 Å². The molecule has 3 rings (SSSR count). The molecule has 0 saturated heterocycles. The molecule has 0 unspecified atom stereocenters. The van der Waals surface area contributed by atoms with Gasteiger partial charge in [-0.15, -0.1) is 0 Å². The van der Waals surface area contributed by atoms with Crippen LogP contribution in [0, 0.1) is 6.57 Å².